The summed E-state index contributed by atoms with van der Waals surface area (Å²) in [5.41, 5.74) is 3.01. The minimum atomic E-state index is -0.565. The molecule has 3 aromatic rings. The van der Waals surface area contributed by atoms with E-state index in [9.17, 15) is 9.59 Å². The van der Waals surface area contributed by atoms with E-state index in [1.54, 1.807) is 38.2 Å². The third-order valence-corrected chi connectivity index (χ3v) is 6.18. The number of nitrogens with one attached hydrogen (secondary N) is 5. The number of hydrogen-bond acceptors (Lipinski definition) is 8. The van der Waals surface area contributed by atoms with Crippen molar-refractivity contribution in [3.05, 3.63) is 42.4 Å². The SMILES string of the molecule is CC(=N)C(C)C(=N)C(=O)Nc1cnc2[nH]c(-c3ccnc(C(=O)NCCN4CCOCC4)c3)cc2c1. The highest BCUT2D eigenvalue weighted by Gasteiger charge is 2.19. The van der Waals surface area contributed by atoms with E-state index in [1.165, 1.54) is 6.20 Å². The summed E-state index contributed by atoms with van der Waals surface area (Å²) >= 11 is 0. The summed E-state index contributed by atoms with van der Waals surface area (Å²) in [6.07, 6.45) is 3.10. The van der Waals surface area contributed by atoms with Crippen molar-refractivity contribution in [2.45, 2.75) is 13.8 Å². The van der Waals surface area contributed by atoms with Gasteiger partial charge in [0, 0.05) is 60.6 Å². The topological polar surface area (TPSA) is 160 Å². The Hall–Kier alpha value is -3.96. The van der Waals surface area contributed by atoms with Crippen LogP contribution < -0.4 is 10.6 Å². The second kappa shape index (κ2) is 11.2. The van der Waals surface area contributed by atoms with Crippen LogP contribution in [0.2, 0.25) is 0 Å². The highest BCUT2D eigenvalue weighted by atomic mass is 16.5. The number of nitrogens with zero attached hydrogens (tertiary/aromatic N) is 3. The molecule has 1 fully saturated rings. The first-order valence-electron chi connectivity index (χ1n) is 11.8. The number of anilines is 1. The molecule has 0 radical (unpaired) electrons. The monoisotopic (exact) mass is 490 g/mol. The standard InChI is InChI=1S/C25H30N8O3/c1-15(16(2)26)22(27)25(35)31-19-11-18-13-20(32-23(18)30-14-19)17-3-4-28-21(12-17)24(34)29-5-6-33-7-9-36-10-8-33/h3-4,11-15,26-27H,5-10H2,1-2H3,(H,29,34)(H,30,32)(H,31,35). The van der Waals surface area contributed by atoms with Gasteiger partial charge in [0.15, 0.2) is 0 Å². The average molecular weight is 491 g/mol. The molecule has 11 heteroatoms. The van der Waals surface area contributed by atoms with Crippen molar-refractivity contribution in [2.75, 3.05) is 44.7 Å². The minimum absolute atomic E-state index is 0.176. The Bertz CT molecular complexity index is 1300. The molecule has 1 saturated heterocycles. The van der Waals surface area contributed by atoms with Gasteiger partial charge in [0.25, 0.3) is 11.8 Å². The molecule has 1 unspecified atom stereocenters. The van der Waals surface area contributed by atoms with Crippen molar-refractivity contribution in [1.82, 2.24) is 25.2 Å². The zero-order valence-electron chi connectivity index (χ0n) is 20.4. The summed E-state index contributed by atoms with van der Waals surface area (Å²) in [5, 5.41) is 22.0. The third-order valence-electron chi connectivity index (χ3n) is 6.18. The molecule has 0 aromatic carbocycles. The first kappa shape index (κ1) is 25.1. The molecule has 0 aliphatic carbocycles. The number of carbonyl (C=O) groups excluding carboxylic acids is 2. The number of carbonyl (C=O) groups is 2. The largest absolute Gasteiger partial charge is 0.379 e. The molecule has 2 amide bonds. The summed E-state index contributed by atoms with van der Waals surface area (Å²) in [4.78, 5) is 39.1. The van der Waals surface area contributed by atoms with E-state index in [0.717, 1.165) is 49.5 Å². The number of pyridine rings is 2. The lowest BCUT2D eigenvalue weighted by molar-refractivity contribution is -0.110. The predicted molar refractivity (Wildman–Crippen MR) is 138 cm³/mol. The number of fused-ring (bicyclic) bond motifs is 1. The fourth-order valence-corrected chi connectivity index (χ4v) is 3.82. The van der Waals surface area contributed by atoms with Gasteiger partial charge in [-0.1, -0.05) is 6.92 Å². The highest BCUT2D eigenvalue weighted by molar-refractivity contribution is 6.45. The molecule has 11 nitrogen and oxygen atoms in total. The molecule has 1 aliphatic heterocycles. The summed E-state index contributed by atoms with van der Waals surface area (Å²) in [5.74, 6) is -1.36. The van der Waals surface area contributed by atoms with Gasteiger partial charge in [-0.25, -0.2) is 4.98 Å². The smallest absolute Gasteiger partial charge is 0.270 e. The van der Waals surface area contributed by atoms with Gasteiger partial charge in [-0.15, -0.1) is 0 Å². The van der Waals surface area contributed by atoms with Crippen LogP contribution >= 0.6 is 0 Å². The predicted octanol–water partition coefficient (Wildman–Crippen LogP) is 2.32. The zero-order chi connectivity index (χ0) is 25.7. The lowest BCUT2D eigenvalue weighted by atomic mass is 10.0. The minimum Gasteiger partial charge on any atom is -0.379 e. The van der Waals surface area contributed by atoms with Crippen molar-refractivity contribution in [1.29, 1.82) is 10.8 Å². The summed E-state index contributed by atoms with van der Waals surface area (Å²) in [7, 11) is 0. The number of rotatable bonds is 9. The van der Waals surface area contributed by atoms with Crippen LogP contribution in [0.1, 0.15) is 24.3 Å². The third kappa shape index (κ3) is 5.99. The van der Waals surface area contributed by atoms with Crippen LogP contribution in [0.5, 0.6) is 0 Å². The van der Waals surface area contributed by atoms with Gasteiger partial charge < -0.3 is 25.8 Å². The second-order valence-electron chi connectivity index (χ2n) is 8.76. The Labute approximate surface area is 208 Å². The molecule has 0 spiro atoms. The molecule has 188 valence electrons. The lowest BCUT2D eigenvalue weighted by Crippen LogP contribution is -2.41. The maximum Gasteiger partial charge on any atom is 0.270 e. The molecule has 0 bridgehead atoms. The molecular formula is C25H30N8O3. The Morgan fingerprint density at radius 2 is 1.97 bits per heavy atom. The van der Waals surface area contributed by atoms with Crippen molar-refractivity contribution in [3.8, 4) is 11.3 Å². The first-order chi connectivity index (χ1) is 17.3. The van der Waals surface area contributed by atoms with E-state index in [-0.39, 0.29) is 17.3 Å². The van der Waals surface area contributed by atoms with E-state index in [1.807, 2.05) is 6.07 Å². The number of ether oxygens (including phenoxy) is 1. The summed E-state index contributed by atoms with van der Waals surface area (Å²) in [6, 6.07) is 7.17. The Morgan fingerprint density at radius 3 is 2.72 bits per heavy atom. The van der Waals surface area contributed by atoms with Crippen LogP contribution in [0.4, 0.5) is 5.69 Å². The number of hydrogen-bond donors (Lipinski definition) is 5. The molecule has 5 N–H and O–H groups in total. The fraction of sp³-hybridized carbons (Fsp3) is 0.360. The molecule has 0 saturated carbocycles. The normalized spacial score (nSPS) is 14.8. The van der Waals surface area contributed by atoms with Gasteiger partial charge in [0.1, 0.15) is 17.1 Å². The van der Waals surface area contributed by atoms with Crippen LogP contribution in [0, 0.1) is 16.7 Å². The Kier molecular flexibility index (Phi) is 7.81. The van der Waals surface area contributed by atoms with Gasteiger partial charge in [0.2, 0.25) is 0 Å². The number of aromatic amines is 1. The summed E-state index contributed by atoms with van der Waals surface area (Å²) < 4.78 is 5.34. The van der Waals surface area contributed by atoms with Crippen LogP contribution in [-0.4, -0.2) is 82.5 Å². The summed E-state index contributed by atoms with van der Waals surface area (Å²) in [6.45, 7) is 7.70. The van der Waals surface area contributed by atoms with Gasteiger partial charge >= 0.3 is 0 Å². The van der Waals surface area contributed by atoms with E-state index in [0.29, 0.717) is 23.6 Å². The number of amides is 2. The van der Waals surface area contributed by atoms with Gasteiger partial charge in [-0.05, 0) is 31.2 Å². The zero-order valence-corrected chi connectivity index (χ0v) is 20.4. The van der Waals surface area contributed by atoms with Crippen molar-refractivity contribution in [3.63, 3.8) is 0 Å². The van der Waals surface area contributed by atoms with E-state index in [4.69, 9.17) is 15.6 Å². The van der Waals surface area contributed by atoms with Crippen molar-refractivity contribution < 1.29 is 14.3 Å². The molecular weight excluding hydrogens is 460 g/mol. The Balaban J connectivity index is 1.42. The number of H-pyrrole nitrogens is 1. The van der Waals surface area contributed by atoms with Crippen LogP contribution in [-0.2, 0) is 9.53 Å². The van der Waals surface area contributed by atoms with Crippen molar-refractivity contribution in [2.24, 2.45) is 5.92 Å². The molecule has 4 rings (SSSR count). The van der Waals surface area contributed by atoms with E-state index >= 15 is 0 Å². The average Bonchev–Trinajstić information content (AvgIpc) is 3.32. The van der Waals surface area contributed by atoms with Crippen molar-refractivity contribution >= 4 is 40.0 Å². The maximum atomic E-state index is 12.6. The highest BCUT2D eigenvalue weighted by Crippen LogP contribution is 2.25. The fourth-order valence-electron chi connectivity index (χ4n) is 3.82. The molecule has 3 aromatic heterocycles. The molecule has 1 atom stereocenters. The molecule has 4 heterocycles. The van der Waals surface area contributed by atoms with Crippen LogP contribution in [0.15, 0.2) is 36.7 Å². The quantitative estimate of drug-likeness (QED) is 0.289. The molecule has 36 heavy (non-hydrogen) atoms. The second-order valence-corrected chi connectivity index (χ2v) is 8.76. The van der Waals surface area contributed by atoms with Crippen LogP contribution in [0.3, 0.4) is 0 Å². The Morgan fingerprint density at radius 1 is 1.19 bits per heavy atom. The molecule has 1 aliphatic rings. The van der Waals surface area contributed by atoms with Gasteiger partial charge in [-0.3, -0.25) is 24.9 Å². The lowest BCUT2D eigenvalue weighted by Gasteiger charge is -2.26. The maximum absolute atomic E-state index is 12.6. The van der Waals surface area contributed by atoms with Gasteiger partial charge in [0.05, 0.1) is 25.1 Å². The number of morpholine rings is 1. The van der Waals surface area contributed by atoms with Gasteiger partial charge in [-0.2, -0.15) is 0 Å². The van der Waals surface area contributed by atoms with E-state index < -0.39 is 11.8 Å². The van der Waals surface area contributed by atoms with Crippen LogP contribution in [0.25, 0.3) is 22.3 Å². The number of aromatic nitrogens is 3. The van der Waals surface area contributed by atoms with E-state index in [2.05, 4.69) is 30.5 Å². The first-order valence-corrected chi connectivity index (χ1v) is 11.8.